The molecule has 0 bridgehead atoms. The highest BCUT2D eigenvalue weighted by atomic mass is 35.5. The smallest absolute Gasteiger partial charge is 0.196 e. The molecule has 0 amide bonds. The van der Waals surface area contributed by atoms with E-state index in [1.54, 1.807) is 14.2 Å². The van der Waals surface area contributed by atoms with E-state index in [9.17, 15) is 0 Å². The van der Waals surface area contributed by atoms with Crippen LogP contribution in [0.4, 0.5) is 0 Å². The SMILES string of the molecule is COC1=CCC(OC)=C(Cl)C(C2=CC3CN=C(Cl)NC3=NCC2)=C1Cl. The molecule has 0 spiro atoms. The summed E-state index contributed by atoms with van der Waals surface area (Å²) >= 11 is 19.2. The molecular weight excluding hydrogens is 385 g/mol. The Hall–Kier alpha value is -1.43. The van der Waals surface area contributed by atoms with Gasteiger partial charge in [0.15, 0.2) is 5.29 Å². The van der Waals surface area contributed by atoms with Gasteiger partial charge in [-0.1, -0.05) is 29.3 Å². The maximum atomic E-state index is 6.64. The molecule has 0 aromatic rings. The minimum atomic E-state index is 0.00524. The molecule has 1 N–H and O–H groups in total. The molecule has 0 saturated heterocycles. The van der Waals surface area contributed by atoms with E-state index < -0.39 is 0 Å². The number of allylic oxidation sites excluding steroid dienone is 4. The van der Waals surface area contributed by atoms with Crippen molar-refractivity contribution in [2.45, 2.75) is 12.8 Å². The van der Waals surface area contributed by atoms with Crippen molar-refractivity contribution in [3.8, 4) is 0 Å². The number of amidine groups is 2. The monoisotopic (exact) mass is 401 g/mol. The fourth-order valence-corrected chi connectivity index (χ4v) is 3.93. The van der Waals surface area contributed by atoms with Crippen LogP contribution in [0.1, 0.15) is 12.8 Å². The van der Waals surface area contributed by atoms with E-state index in [0.717, 1.165) is 17.0 Å². The summed E-state index contributed by atoms with van der Waals surface area (Å²) in [7, 11) is 3.18. The van der Waals surface area contributed by atoms with Gasteiger partial charge in [0.25, 0.3) is 0 Å². The number of nitrogens with zero attached hydrogens (tertiary/aromatic N) is 2. The molecule has 1 aliphatic carbocycles. The first-order valence-corrected chi connectivity index (χ1v) is 8.98. The molecule has 0 aromatic heterocycles. The minimum Gasteiger partial charge on any atom is -0.499 e. The van der Waals surface area contributed by atoms with Crippen LogP contribution in [0, 0.1) is 5.92 Å². The Labute approximate surface area is 161 Å². The van der Waals surface area contributed by atoms with Crippen LogP contribution in [0.5, 0.6) is 0 Å². The second-order valence-corrected chi connectivity index (χ2v) is 6.79. The van der Waals surface area contributed by atoms with Crippen LogP contribution in [-0.4, -0.2) is 38.4 Å². The van der Waals surface area contributed by atoms with Crippen LogP contribution in [0.2, 0.25) is 0 Å². The Bertz CT molecular complexity index is 763. The van der Waals surface area contributed by atoms with E-state index in [1.165, 1.54) is 0 Å². The zero-order chi connectivity index (χ0) is 18.0. The third-order valence-electron chi connectivity index (χ3n) is 4.24. The molecule has 5 nitrogen and oxygen atoms in total. The fourth-order valence-electron chi connectivity index (χ4n) is 2.97. The summed E-state index contributed by atoms with van der Waals surface area (Å²) in [6.45, 7) is 1.13. The van der Waals surface area contributed by atoms with Crippen LogP contribution in [0.3, 0.4) is 0 Å². The summed E-state index contributed by atoms with van der Waals surface area (Å²) < 4.78 is 10.9. The number of ether oxygens (including phenoxy) is 2. The van der Waals surface area contributed by atoms with Gasteiger partial charge in [0.05, 0.1) is 36.7 Å². The standard InChI is InChI=1S/C17H18Cl3N3O2/c1-24-11-3-4-12(25-2)15(19)13(14(11)18)9-5-6-21-16-10(7-9)8-22-17(20)23-16/h3,7,10H,4-6,8H2,1-2H3,(H,21,22,23). The lowest BCUT2D eigenvalue weighted by Crippen LogP contribution is -2.38. The summed E-state index contributed by atoms with van der Waals surface area (Å²) in [6, 6.07) is 0. The highest BCUT2D eigenvalue weighted by Gasteiger charge is 2.28. The van der Waals surface area contributed by atoms with E-state index in [1.807, 2.05) is 6.08 Å². The molecule has 3 rings (SSSR count). The van der Waals surface area contributed by atoms with E-state index >= 15 is 0 Å². The summed E-state index contributed by atoms with van der Waals surface area (Å²) in [6.07, 6.45) is 5.16. The molecule has 0 saturated carbocycles. The Balaban J connectivity index is 2.07. The lowest BCUT2D eigenvalue weighted by atomic mass is 9.96. The molecule has 1 atom stereocenters. The highest BCUT2D eigenvalue weighted by Crippen LogP contribution is 2.40. The second kappa shape index (κ2) is 7.85. The van der Waals surface area contributed by atoms with Crippen molar-refractivity contribution in [1.29, 1.82) is 0 Å². The van der Waals surface area contributed by atoms with Crippen molar-refractivity contribution in [2.24, 2.45) is 15.9 Å². The molecular formula is C17H18Cl3N3O2. The van der Waals surface area contributed by atoms with E-state index in [0.29, 0.717) is 52.8 Å². The Morgan fingerprint density at radius 3 is 2.64 bits per heavy atom. The van der Waals surface area contributed by atoms with Crippen molar-refractivity contribution in [2.75, 3.05) is 27.3 Å². The Morgan fingerprint density at radius 1 is 1.12 bits per heavy atom. The first-order valence-electron chi connectivity index (χ1n) is 7.84. The van der Waals surface area contributed by atoms with Crippen molar-refractivity contribution in [1.82, 2.24) is 5.32 Å². The number of methoxy groups -OCH3 is 2. The van der Waals surface area contributed by atoms with Gasteiger partial charge >= 0.3 is 0 Å². The topological polar surface area (TPSA) is 55.2 Å². The highest BCUT2D eigenvalue weighted by molar-refractivity contribution is 6.66. The number of fused-ring (bicyclic) bond motifs is 1. The van der Waals surface area contributed by atoms with Gasteiger partial charge in [0, 0.05) is 18.5 Å². The van der Waals surface area contributed by atoms with Crippen molar-refractivity contribution in [3.63, 3.8) is 0 Å². The largest absolute Gasteiger partial charge is 0.499 e. The van der Waals surface area contributed by atoms with Gasteiger partial charge < -0.3 is 14.8 Å². The summed E-state index contributed by atoms with van der Waals surface area (Å²) in [5.41, 5.74) is 1.72. The quantitative estimate of drug-likeness (QED) is 0.725. The van der Waals surface area contributed by atoms with E-state index in [-0.39, 0.29) is 5.92 Å². The first-order chi connectivity index (χ1) is 12.0. The van der Waals surface area contributed by atoms with Gasteiger partial charge in [0.2, 0.25) is 0 Å². The van der Waals surface area contributed by atoms with E-state index in [2.05, 4.69) is 21.4 Å². The predicted octanol–water partition coefficient (Wildman–Crippen LogP) is 4.05. The number of aliphatic imine (C=N–C) groups is 2. The maximum Gasteiger partial charge on any atom is 0.196 e. The number of hydrogen-bond donors (Lipinski definition) is 1. The van der Waals surface area contributed by atoms with Crippen molar-refractivity contribution >= 4 is 45.9 Å². The molecule has 2 aliphatic heterocycles. The normalized spacial score (nSPS) is 24.1. The summed E-state index contributed by atoms with van der Waals surface area (Å²) in [5, 5.41) is 4.35. The second-order valence-electron chi connectivity index (χ2n) is 5.68. The van der Waals surface area contributed by atoms with Crippen LogP contribution >= 0.6 is 34.8 Å². The fraction of sp³-hybridized carbons (Fsp3) is 0.412. The van der Waals surface area contributed by atoms with Crippen molar-refractivity contribution < 1.29 is 9.47 Å². The predicted molar refractivity (Wildman–Crippen MR) is 102 cm³/mol. The average molecular weight is 403 g/mol. The molecule has 0 radical (unpaired) electrons. The molecule has 0 fully saturated rings. The molecule has 2 heterocycles. The van der Waals surface area contributed by atoms with Crippen molar-refractivity contribution in [3.05, 3.63) is 44.9 Å². The van der Waals surface area contributed by atoms with Crippen LogP contribution < -0.4 is 5.32 Å². The minimum absolute atomic E-state index is 0.00524. The van der Waals surface area contributed by atoms with Gasteiger partial charge in [0.1, 0.15) is 17.4 Å². The molecule has 134 valence electrons. The van der Waals surface area contributed by atoms with Crippen LogP contribution in [0.15, 0.2) is 54.9 Å². The first kappa shape index (κ1) is 18.4. The maximum absolute atomic E-state index is 6.64. The zero-order valence-corrected chi connectivity index (χ0v) is 16.2. The zero-order valence-electron chi connectivity index (χ0n) is 13.9. The van der Waals surface area contributed by atoms with Crippen LogP contribution in [-0.2, 0) is 9.47 Å². The lowest BCUT2D eigenvalue weighted by Gasteiger charge is -2.20. The Kier molecular flexibility index (Phi) is 5.77. The van der Waals surface area contributed by atoms with Gasteiger partial charge in [-0.2, -0.15) is 0 Å². The van der Waals surface area contributed by atoms with Gasteiger partial charge in [-0.3, -0.25) is 9.98 Å². The van der Waals surface area contributed by atoms with Gasteiger partial charge in [-0.05, 0) is 29.7 Å². The molecule has 25 heavy (non-hydrogen) atoms. The third kappa shape index (κ3) is 3.73. The molecule has 0 aromatic carbocycles. The van der Waals surface area contributed by atoms with E-state index in [4.69, 9.17) is 44.3 Å². The summed E-state index contributed by atoms with van der Waals surface area (Å²) in [5.74, 6) is 2.05. The third-order valence-corrected chi connectivity index (χ3v) is 5.22. The molecule has 3 aliphatic rings. The lowest BCUT2D eigenvalue weighted by molar-refractivity contribution is 0.279. The molecule has 1 unspecified atom stereocenters. The van der Waals surface area contributed by atoms with Gasteiger partial charge in [-0.15, -0.1) is 0 Å². The molecule has 8 heteroatoms. The summed E-state index contributed by atoms with van der Waals surface area (Å²) in [4.78, 5) is 8.82. The number of hydrogen-bond acceptors (Lipinski definition) is 5. The number of nitrogens with one attached hydrogen (secondary N) is 1. The van der Waals surface area contributed by atoms with Crippen LogP contribution in [0.25, 0.3) is 0 Å². The average Bonchev–Trinajstić information content (AvgIpc) is 2.86. The Morgan fingerprint density at radius 2 is 1.92 bits per heavy atom. The number of halogens is 3. The van der Waals surface area contributed by atoms with Gasteiger partial charge in [-0.25, -0.2) is 0 Å². The number of rotatable bonds is 3.